The second-order valence-corrected chi connectivity index (χ2v) is 4.17. The molecule has 1 aromatic carbocycles. The number of benzene rings is 1. The van der Waals surface area contributed by atoms with E-state index in [0.29, 0.717) is 18.9 Å². The molecule has 0 aliphatic carbocycles. The predicted molar refractivity (Wildman–Crippen MR) is 78.4 cm³/mol. The molecular formula is C16H19NO3. The van der Waals surface area contributed by atoms with Crippen LogP contribution in [0.1, 0.15) is 25.3 Å². The van der Waals surface area contributed by atoms with Crippen molar-refractivity contribution in [2.75, 3.05) is 19.8 Å². The van der Waals surface area contributed by atoms with Gasteiger partial charge in [-0.2, -0.15) is 0 Å². The fraction of sp³-hybridized carbons (Fsp3) is 0.375. The van der Waals surface area contributed by atoms with E-state index in [-0.39, 0.29) is 6.61 Å². The third-order valence-corrected chi connectivity index (χ3v) is 2.55. The summed E-state index contributed by atoms with van der Waals surface area (Å²) in [5.41, 5.74) is 1.43. The van der Waals surface area contributed by atoms with Crippen molar-refractivity contribution in [3.63, 3.8) is 0 Å². The number of ether oxygens (including phenoxy) is 2. The van der Waals surface area contributed by atoms with Gasteiger partial charge in [-0.25, -0.2) is 9.64 Å². The largest absolute Gasteiger partial charge is 0.460 e. The monoisotopic (exact) mass is 273 g/mol. The van der Waals surface area contributed by atoms with Gasteiger partial charge < -0.3 is 9.47 Å². The number of unbranched alkanes of at least 4 members (excludes halogenated alkanes) is 1. The van der Waals surface area contributed by atoms with Gasteiger partial charge in [0.15, 0.2) is 5.69 Å². The summed E-state index contributed by atoms with van der Waals surface area (Å²) in [5, 5.41) is 0. The Labute approximate surface area is 119 Å². The highest BCUT2D eigenvalue weighted by atomic mass is 16.6. The molecule has 0 N–H and O–H groups in total. The molecule has 0 bridgehead atoms. The summed E-state index contributed by atoms with van der Waals surface area (Å²) in [4.78, 5) is 14.7. The number of hydrogen-bond donors (Lipinski definition) is 0. The molecule has 0 aliphatic heterocycles. The van der Waals surface area contributed by atoms with E-state index in [9.17, 15) is 4.79 Å². The van der Waals surface area contributed by atoms with E-state index in [0.717, 1.165) is 18.4 Å². The summed E-state index contributed by atoms with van der Waals surface area (Å²) in [6.45, 7) is 10.3. The number of rotatable bonds is 8. The van der Waals surface area contributed by atoms with Crippen LogP contribution >= 0.6 is 0 Å². The first-order valence-electron chi connectivity index (χ1n) is 6.66. The van der Waals surface area contributed by atoms with Gasteiger partial charge in [-0.15, -0.1) is 0 Å². The number of nitrogens with zero attached hydrogens (tertiary/aromatic N) is 1. The molecule has 0 heterocycles. The van der Waals surface area contributed by atoms with Crippen LogP contribution in [0.5, 0.6) is 0 Å². The Morgan fingerprint density at radius 1 is 1.25 bits per heavy atom. The number of carbonyl (C=O) groups is 1. The van der Waals surface area contributed by atoms with Crippen LogP contribution in [0.4, 0.5) is 5.69 Å². The summed E-state index contributed by atoms with van der Waals surface area (Å²) >= 11 is 0. The molecule has 20 heavy (non-hydrogen) atoms. The van der Waals surface area contributed by atoms with Gasteiger partial charge in [0.2, 0.25) is 0 Å². The molecule has 0 saturated carbocycles. The van der Waals surface area contributed by atoms with Gasteiger partial charge in [-0.05, 0) is 18.1 Å². The molecule has 0 unspecified atom stereocenters. The Morgan fingerprint density at radius 3 is 2.65 bits per heavy atom. The van der Waals surface area contributed by atoms with Crippen molar-refractivity contribution in [1.82, 2.24) is 0 Å². The van der Waals surface area contributed by atoms with Crippen LogP contribution in [0.3, 0.4) is 0 Å². The lowest BCUT2D eigenvalue weighted by Gasteiger charge is -2.03. The molecule has 1 rings (SSSR count). The number of carbonyl (C=O) groups excluding carboxylic acids is 1. The van der Waals surface area contributed by atoms with Crippen LogP contribution in [0, 0.1) is 6.57 Å². The molecule has 4 nitrogen and oxygen atoms in total. The highest BCUT2D eigenvalue weighted by molar-refractivity contribution is 5.87. The molecular weight excluding hydrogens is 254 g/mol. The molecule has 0 amide bonds. The molecule has 0 fully saturated rings. The Morgan fingerprint density at radius 2 is 2.00 bits per heavy atom. The minimum atomic E-state index is -0.390. The van der Waals surface area contributed by atoms with Gasteiger partial charge in [-0.3, -0.25) is 0 Å². The van der Waals surface area contributed by atoms with Crippen molar-refractivity contribution >= 4 is 17.7 Å². The summed E-state index contributed by atoms with van der Waals surface area (Å²) in [7, 11) is 0. The normalized spacial score (nSPS) is 10.4. The zero-order valence-corrected chi connectivity index (χ0v) is 11.7. The molecule has 0 saturated heterocycles. The third kappa shape index (κ3) is 6.72. The van der Waals surface area contributed by atoms with Crippen molar-refractivity contribution in [3.05, 3.63) is 47.3 Å². The minimum Gasteiger partial charge on any atom is -0.460 e. The SMILES string of the molecule is [C-]#[N+]c1ccc(/C=C/C(=O)OCCOCCCC)cc1. The van der Waals surface area contributed by atoms with Crippen LogP contribution in [-0.4, -0.2) is 25.8 Å². The van der Waals surface area contributed by atoms with Crippen LogP contribution < -0.4 is 0 Å². The van der Waals surface area contributed by atoms with Gasteiger partial charge in [0.25, 0.3) is 0 Å². The average molecular weight is 273 g/mol. The van der Waals surface area contributed by atoms with Crippen LogP contribution in [0.2, 0.25) is 0 Å². The molecule has 1 aromatic rings. The van der Waals surface area contributed by atoms with Crippen molar-refractivity contribution < 1.29 is 14.3 Å². The quantitative estimate of drug-likeness (QED) is 0.314. The first-order valence-corrected chi connectivity index (χ1v) is 6.66. The zero-order chi connectivity index (χ0) is 14.6. The topological polar surface area (TPSA) is 39.9 Å². The van der Waals surface area contributed by atoms with E-state index in [4.69, 9.17) is 16.0 Å². The van der Waals surface area contributed by atoms with E-state index in [2.05, 4.69) is 11.8 Å². The lowest BCUT2D eigenvalue weighted by Crippen LogP contribution is -2.08. The van der Waals surface area contributed by atoms with Crippen molar-refractivity contribution in [3.8, 4) is 0 Å². The van der Waals surface area contributed by atoms with Crippen molar-refractivity contribution in [2.24, 2.45) is 0 Å². The van der Waals surface area contributed by atoms with Gasteiger partial charge in [-0.1, -0.05) is 37.6 Å². The lowest BCUT2D eigenvalue weighted by atomic mass is 10.2. The molecule has 106 valence electrons. The van der Waals surface area contributed by atoms with Crippen LogP contribution in [0.25, 0.3) is 10.9 Å². The molecule has 0 atom stereocenters. The van der Waals surface area contributed by atoms with E-state index in [1.165, 1.54) is 6.08 Å². The summed E-state index contributed by atoms with van der Waals surface area (Å²) < 4.78 is 10.3. The summed E-state index contributed by atoms with van der Waals surface area (Å²) in [5.74, 6) is -0.390. The summed E-state index contributed by atoms with van der Waals surface area (Å²) in [6.07, 6.45) is 5.15. The van der Waals surface area contributed by atoms with Gasteiger partial charge in [0.1, 0.15) is 6.61 Å². The van der Waals surface area contributed by atoms with Crippen molar-refractivity contribution in [1.29, 1.82) is 0 Å². The maximum Gasteiger partial charge on any atom is 0.330 e. The Hall–Kier alpha value is -2.12. The van der Waals surface area contributed by atoms with Crippen LogP contribution in [-0.2, 0) is 14.3 Å². The zero-order valence-electron chi connectivity index (χ0n) is 11.7. The smallest absolute Gasteiger partial charge is 0.330 e. The Balaban J connectivity index is 2.24. The predicted octanol–water partition coefficient (Wildman–Crippen LogP) is 3.61. The fourth-order valence-corrected chi connectivity index (χ4v) is 1.42. The summed E-state index contributed by atoms with van der Waals surface area (Å²) in [6, 6.07) is 6.98. The van der Waals surface area contributed by atoms with E-state index in [1.807, 2.05) is 0 Å². The van der Waals surface area contributed by atoms with Gasteiger partial charge in [0, 0.05) is 12.7 Å². The highest BCUT2D eigenvalue weighted by Gasteiger charge is 1.97. The van der Waals surface area contributed by atoms with E-state index in [1.54, 1.807) is 30.3 Å². The standard InChI is InChI=1S/C16H19NO3/c1-3-4-11-19-12-13-20-16(18)10-7-14-5-8-15(17-2)9-6-14/h5-10H,3-4,11-13H2,1H3/b10-7+. The minimum absolute atomic E-state index is 0.267. The van der Waals surface area contributed by atoms with Gasteiger partial charge in [0.05, 0.1) is 13.2 Å². The fourth-order valence-electron chi connectivity index (χ4n) is 1.42. The maximum absolute atomic E-state index is 11.4. The van der Waals surface area contributed by atoms with Crippen LogP contribution in [0.15, 0.2) is 30.3 Å². The second-order valence-electron chi connectivity index (χ2n) is 4.17. The first kappa shape index (κ1) is 15.9. The average Bonchev–Trinajstić information content (AvgIpc) is 2.49. The third-order valence-electron chi connectivity index (χ3n) is 2.55. The Kier molecular flexibility index (Phi) is 7.78. The molecule has 0 radical (unpaired) electrons. The lowest BCUT2D eigenvalue weighted by molar-refractivity contribution is -0.139. The van der Waals surface area contributed by atoms with Crippen molar-refractivity contribution in [2.45, 2.75) is 19.8 Å². The molecule has 0 spiro atoms. The maximum atomic E-state index is 11.4. The molecule has 0 aromatic heterocycles. The first-order chi connectivity index (χ1) is 9.76. The van der Waals surface area contributed by atoms with E-state index < -0.39 is 5.97 Å². The second kappa shape index (κ2) is 9.76. The molecule has 0 aliphatic rings. The Bertz CT molecular complexity index is 471. The van der Waals surface area contributed by atoms with E-state index >= 15 is 0 Å². The van der Waals surface area contributed by atoms with Gasteiger partial charge >= 0.3 is 5.97 Å². The highest BCUT2D eigenvalue weighted by Crippen LogP contribution is 2.13. The number of hydrogen-bond acceptors (Lipinski definition) is 3. The number of esters is 1. The molecule has 4 heteroatoms.